The van der Waals surface area contributed by atoms with Crippen molar-refractivity contribution in [2.75, 3.05) is 0 Å². The summed E-state index contributed by atoms with van der Waals surface area (Å²) in [4.78, 5) is 0. The maximum atomic E-state index is 3.58. The van der Waals surface area contributed by atoms with Crippen molar-refractivity contribution in [2.45, 2.75) is 0 Å². The van der Waals surface area contributed by atoms with Gasteiger partial charge in [-0.15, -0.1) is 0 Å². The Bertz CT molecular complexity index is 1330. The van der Waals surface area contributed by atoms with Gasteiger partial charge >= 0.3 is 0 Å². The molecule has 0 fully saturated rings. The van der Waals surface area contributed by atoms with Crippen LogP contribution in [-0.4, -0.2) is 0 Å². The third kappa shape index (κ3) is 6.19. The molecule has 0 spiro atoms. The molecule has 5 aromatic rings. The van der Waals surface area contributed by atoms with E-state index in [9.17, 15) is 0 Å². The molecule has 5 aromatic carbocycles. The summed E-state index contributed by atoms with van der Waals surface area (Å²) >= 11 is 0. The average molecular weight is 495 g/mol. The van der Waals surface area contributed by atoms with Gasteiger partial charge in [0, 0.05) is 27.0 Å². The van der Waals surface area contributed by atoms with Gasteiger partial charge in [-0.05, 0) is 39.4 Å². The van der Waals surface area contributed by atoms with E-state index in [1.54, 1.807) is 0 Å². The minimum Gasteiger partial charge on any atom is -0.0622 e. The Labute approximate surface area is 216 Å². The van der Waals surface area contributed by atoms with Crippen LogP contribution in [0.4, 0.5) is 0 Å². The van der Waals surface area contributed by atoms with Crippen molar-refractivity contribution in [3.8, 4) is 23.2 Å². The van der Waals surface area contributed by atoms with Gasteiger partial charge in [-0.25, -0.2) is 0 Å². The Morgan fingerprint density at radius 3 is 0.944 bits per heavy atom. The highest BCUT2D eigenvalue weighted by molar-refractivity contribution is 7.77. The van der Waals surface area contributed by atoms with E-state index in [0.717, 1.165) is 11.1 Å². The lowest BCUT2D eigenvalue weighted by Crippen LogP contribution is -2.09. The van der Waals surface area contributed by atoms with Gasteiger partial charge < -0.3 is 0 Å². The highest BCUT2D eigenvalue weighted by Gasteiger charge is 2.11. The zero-order valence-corrected chi connectivity index (χ0v) is 21.5. The average Bonchev–Trinajstić information content (AvgIpc) is 2.96. The molecule has 36 heavy (non-hydrogen) atoms. The van der Waals surface area contributed by atoms with Gasteiger partial charge in [0.05, 0.1) is 0 Å². The fraction of sp³-hybridized carbons (Fsp3) is 0. The molecule has 0 saturated carbocycles. The van der Waals surface area contributed by atoms with Gasteiger partial charge in [0.1, 0.15) is 0 Å². The monoisotopic (exact) mass is 494 g/mol. The van der Waals surface area contributed by atoms with Crippen LogP contribution in [0.25, 0.3) is 0 Å². The van der Waals surface area contributed by atoms with Crippen molar-refractivity contribution in [3.05, 3.63) is 157 Å². The van der Waals surface area contributed by atoms with Crippen LogP contribution in [0.2, 0.25) is 0 Å². The number of benzene rings is 5. The predicted octanol–water partition coefficient (Wildman–Crippen LogP) is 6.57. The molecule has 0 radical (unpaired) electrons. The van der Waals surface area contributed by atoms with Crippen molar-refractivity contribution in [1.29, 1.82) is 0 Å². The molecule has 0 nitrogen and oxygen atoms in total. The van der Waals surface area contributed by atoms with Gasteiger partial charge in [-0.3, -0.25) is 0 Å². The minimum absolute atomic E-state index is 0.757. The molecule has 0 aromatic heterocycles. The van der Waals surface area contributed by atoms with Crippen LogP contribution in [0.15, 0.2) is 146 Å². The zero-order valence-electron chi connectivity index (χ0n) is 19.8. The van der Waals surface area contributed by atoms with Crippen molar-refractivity contribution in [1.82, 2.24) is 0 Å². The van der Waals surface area contributed by atoms with Gasteiger partial charge in [0.15, 0.2) is 0 Å². The third-order valence-electron chi connectivity index (χ3n) is 5.54. The quantitative estimate of drug-likeness (QED) is 0.196. The predicted molar refractivity (Wildman–Crippen MR) is 158 cm³/mol. The van der Waals surface area contributed by atoms with E-state index in [2.05, 4.69) is 169 Å². The lowest BCUT2D eigenvalue weighted by molar-refractivity contribution is 1.60. The molecule has 0 saturated heterocycles. The second-order valence-electron chi connectivity index (χ2n) is 8.07. The number of hydrogen-bond acceptors (Lipinski definition) is 0. The van der Waals surface area contributed by atoms with Gasteiger partial charge in [-0.1, -0.05) is 151 Å². The molecule has 0 aliphatic rings. The Balaban J connectivity index is 1.46. The number of hydrogen-bond donors (Lipinski definition) is 0. The van der Waals surface area contributed by atoms with Crippen LogP contribution in [0.1, 0.15) is 11.1 Å². The maximum Gasteiger partial charge on any atom is 0.0348 e. The van der Waals surface area contributed by atoms with Gasteiger partial charge in [0.2, 0.25) is 0 Å². The summed E-state index contributed by atoms with van der Waals surface area (Å²) in [5.41, 5.74) is 9.15. The molecular weight excluding hydrogens is 470 g/mol. The molecule has 0 aliphatic carbocycles. The van der Waals surface area contributed by atoms with E-state index >= 15 is 0 Å². The van der Waals surface area contributed by atoms with Gasteiger partial charge in [-0.2, -0.15) is 0 Å². The SMILES string of the molecule is C(#CP(c1ccccc1)c1ccccc1)c1cccc(C#CP(c2ccccc2)c2ccccc2)c1. The summed E-state index contributed by atoms with van der Waals surface area (Å²) in [5.74, 6) is 6.90. The Kier molecular flexibility index (Phi) is 8.04. The topological polar surface area (TPSA) is 0 Å². The maximum absolute atomic E-state index is 3.58. The van der Waals surface area contributed by atoms with Gasteiger partial charge in [0.25, 0.3) is 0 Å². The molecule has 0 aliphatic heterocycles. The highest BCUT2D eigenvalue weighted by atomic mass is 31.1. The molecular formula is C34H24P2. The highest BCUT2D eigenvalue weighted by Crippen LogP contribution is 2.33. The van der Waals surface area contributed by atoms with Crippen molar-refractivity contribution >= 4 is 37.1 Å². The standard InChI is InChI=1S/C34H24P2/c1-5-16-31(17-6-1)35(32-18-7-2-8-19-32)26-24-29-14-13-15-30(28-29)25-27-36(33-20-9-3-10-21-33)34-22-11-4-12-23-34/h1-23,28H. The molecule has 0 bridgehead atoms. The summed E-state index contributed by atoms with van der Waals surface area (Å²) in [6.07, 6.45) is 0. The van der Waals surface area contributed by atoms with E-state index in [4.69, 9.17) is 0 Å². The molecule has 170 valence electrons. The normalized spacial score (nSPS) is 10.3. The second-order valence-corrected chi connectivity index (χ2v) is 11.9. The van der Waals surface area contributed by atoms with Crippen molar-refractivity contribution in [2.24, 2.45) is 0 Å². The molecule has 5 rings (SSSR count). The smallest absolute Gasteiger partial charge is 0.0348 e. The van der Waals surface area contributed by atoms with Crippen molar-refractivity contribution in [3.63, 3.8) is 0 Å². The first-order valence-electron chi connectivity index (χ1n) is 11.8. The summed E-state index contributed by atoms with van der Waals surface area (Å²) in [7, 11) is -1.51. The molecule has 0 unspecified atom stereocenters. The second kappa shape index (κ2) is 12.2. The first-order chi connectivity index (χ1) is 17.9. The fourth-order valence-electron chi connectivity index (χ4n) is 3.78. The number of rotatable bonds is 4. The first-order valence-corrected chi connectivity index (χ1v) is 14.5. The van der Waals surface area contributed by atoms with Crippen LogP contribution >= 0.6 is 15.8 Å². The van der Waals surface area contributed by atoms with E-state index in [1.807, 2.05) is 0 Å². The van der Waals surface area contributed by atoms with E-state index in [0.29, 0.717) is 0 Å². The van der Waals surface area contributed by atoms with Crippen LogP contribution in [0.5, 0.6) is 0 Å². The Morgan fingerprint density at radius 1 is 0.333 bits per heavy atom. The van der Waals surface area contributed by atoms with Crippen LogP contribution in [-0.2, 0) is 0 Å². The zero-order chi connectivity index (χ0) is 24.4. The van der Waals surface area contributed by atoms with Crippen molar-refractivity contribution < 1.29 is 0 Å². The summed E-state index contributed by atoms with van der Waals surface area (Å²) < 4.78 is 0. The van der Waals surface area contributed by atoms with E-state index in [1.165, 1.54) is 21.2 Å². The third-order valence-corrected chi connectivity index (χ3v) is 9.47. The largest absolute Gasteiger partial charge is 0.0622 e. The lowest BCUT2D eigenvalue weighted by atomic mass is 10.1. The molecule has 2 heteroatoms. The summed E-state index contributed by atoms with van der Waals surface area (Å²) in [6.45, 7) is 0. The van der Waals surface area contributed by atoms with Crippen LogP contribution in [0.3, 0.4) is 0 Å². The minimum atomic E-state index is -0.757. The lowest BCUT2D eigenvalue weighted by Gasteiger charge is -2.11. The van der Waals surface area contributed by atoms with Crippen LogP contribution in [0, 0.1) is 23.2 Å². The van der Waals surface area contributed by atoms with E-state index in [-0.39, 0.29) is 0 Å². The molecule has 0 N–H and O–H groups in total. The first kappa shape index (κ1) is 23.8. The van der Waals surface area contributed by atoms with Crippen LogP contribution < -0.4 is 21.2 Å². The summed E-state index contributed by atoms with van der Waals surface area (Å²) in [6, 6.07) is 50.6. The Morgan fingerprint density at radius 2 is 0.639 bits per heavy atom. The molecule has 0 amide bonds. The fourth-order valence-corrected chi connectivity index (χ4v) is 7.26. The molecule has 0 atom stereocenters. The van der Waals surface area contributed by atoms with E-state index < -0.39 is 15.8 Å². The summed E-state index contributed by atoms with van der Waals surface area (Å²) in [5, 5.41) is 5.05. The molecule has 0 heterocycles. The Hall–Kier alpha value is -3.92.